The minimum absolute atomic E-state index is 0.220. The summed E-state index contributed by atoms with van der Waals surface area (Å²) in [5.74, 6) is 0. The molecule has 0 spiro atoms. The SMILES string of the molecule is Cc1nc2c(s1)CCCC2NS(=O)(=O)NCc1ccccc1. The van der Waals surface area contributed by atoms with Crippen molar-refractivity contribution in [3.05, 3.63) is 51.5 Å². The summed E-state index contributed by atoms with van der Waals surface area (Å²) in [6, 6.07) is 9.26. The van der Waals surface area contributed by atoms with Gasteiger partial charge in [0.15, 0.2) is 0 Å². The molecule has 2 N–H and O–H groups in total. The van der Waals surface area contributed by atoms with Crippen molar-refractivity contribution in [2.24, 2.45) is 0 Å². The van der Waals surface area contributed by atoms with E-state index in [1.807, 2.05) is 37.3 Å². The third kappa shape index (κ3) is 3.73. The van der Waals surface area contributed by atoms with Crippen LogP contribution in [-0.4, -0.2) is 13.4 Å². The van der Waals surface area contributed by atoms with Crippen molar-refractivity contribution < 1.29 is 8.42 Å². The van der Waals surface area contributed by atoms with Crippen LogP contribution in [0.1, 0.15) is 40.0 Å². The predicted octanol–water partition coefficient (Wildman–Crippen LogP) is 2.45. The molecule has 0 radical (unpaired) electrons. The van der Waals surface area contributed by atoms with Crippen LogP contribution >= 0.6 is 11.3 Å². The Kier molecular flexibility index (Phi) is 4.58. The number of rotatable bonds is 5. The van der Waals surface area contributed by atoms with Gasteiger partial charge in [-0.15, -0.1) is 11.3 Å². The Morgan fingerprint density at radius 3 is 2.86 bits per heavy atom. The van der Waals surface area contributed by atoms with Crippen LogP contribution in [0, 0.1) is 6.92 Å². The highest BCUT2D eigenvalue weighted by Crippen LogP contribution is 2.33. The molecule has 0 aliphatic heterocycles. The van der Waals surface area contributed by atoms with Gasteiger partial charge in [-0.3, -0.25) is 0 Å². The first kappa shape index (κ1) is 15.6. The minimum atomic E-state index is -3.55. The van der Waals surface area contributed by atoms with Crippen LogP contribution in [0.15, 0.2) is 30.3 Å². The second-order valence-electron chi connectivity index (χ2n) is 5.41. The Labute approximate surface area is 135 Å². The first-order chi connectivity index (χ1) is 10.5. The van der Waals surface area contributed by atoms with Gasteiger partial charge in [0.05, 0.1) is 16.7 Å². The number of benzene rings is 1. The van der Waals surface area contributed by atoms with Gasteiger partial charge < -0.3 is 0 Å². The summed E-state index contributed by atoms with van der Waals surface area (Å²) in [7, 11) is -3.55. The molecule has 118 valence electrons. The van der Waals surface area contributed by atoms with E-state index in [1.54, 1.807) is 11.3 Å². The van der Waals surface area contributed by atoms with Crippen molar-refractivity contribution in [2.45, 2.75) is 38.8 Å². The molecule has 1 aromatic heterocycles. The number of fused-ring (bicyclic) bond motifs is 1. The Balaban J connectivity index is 1.67. The Morgan fingerprint density at radius 2 is 2.09 bits per heavy atom. The number of aryl methyl sites for hydroxylation is 2. The number of nitrogens with one attached hydrogen (secondary N) is 2. The van der Waals surface area contributed by atoms with E-state index in [2.05, 4.69) is 14.4 Å². The molecule has 0 saturated heterocycles. The van der Waals surface area contributed by atoms with Gasteiger partial charge >= 0.3 is 0 Å². The summed E-state index contributed by atoms with van der Waals surface area (Å²) < 4.78 is 29.8. The average Bonchev–Trinajstić information content (AvgIpc) is 2.88. The first-order valence-corrected chi connectivity index (χ1v) is 9.60. The first-order valence-electron chi connectivity index (χ1n) is 7.30. The van der Waals surface area contributed by atoms with E-state index in [0.717, 1.165) is 35.5 Å². The second kappa shape index (κ2) is 6.45. The molecule has 0 saturated carbocycles. The summed E-state index contributed by atoms with van der Waals surface area (Å²) >= 11 is 1.66. The van der Waals surface area contributed by atoms with Gasteiger partial charge in [0.1, 0.15) is 0 Å². The van der Waals surface area contributed by atoms with Gasteiger partial charge in [0.2, 0.25) is 0 Å². The molecule has 1 heterocycles. The van der Waals surface area contributed by atoms with E-state index in [1.165, 1.54) is 4.88 Å². The lowest BCUT2D eigenvalue weighted by Gasteiger charge is -2.22. The molecular weight excluding hydrogens is 318 g/mol. The van der Waals surface area contributed by atoms with Gasteiger partial charge in [-0.1, -0.05) is 30.3 Å². The molecule has 3 rings (SSSR count). The molecule has 1 aliphatic rings. The van der Waals surface area contributed by atoms with Crippen molar-refractivity contribution in [1.82, 2.24) is 14.4 Å². The highest BCUT2D eigenvalue weighted by molar-refractivity contribution is 7.87. The van der Waals surface area contributed by atoms with E-state index < -0.39 is 10.2 Å². The normalized spacial score (nSPS) is 18.1. The van der Waals surface area contributed by atoms with Gasteiger partial charge in [0.25, 0.3) is 10.2 Å². The molecule has 0 amide bonds. The molecule has 1 aliphatic carbocycles. The Hall–Kier alpha value is -1.28. The van der Waals surface area contributed by atoms with Gasteiger partial charge in [-0.2, -0.15) is 17.9 Å². The van der Waals surface area contributed by atoms with Crippen molar-refractivity contribution in [1.29, 1.82) is 0 Å². The van der Waals surface area contributed by atoms with Gasteiger partial charge in [-0.25, -0.2) is 4.98 Å². The molecule has 1 atom stereocenters. The summed E-state index contributed by atoms with van der Waals surface area (Å²) in [4.78, 5) is 5.71. The zero-order valence-electron chi connectivity index (χ0n) is 12.4. The zero-order chi connectivity index (χ0) is 15.6. The zero-order valence-corrected chi connectivity index (χ0v) is 14.0. The largest absolute Gasteiger partial charge is 0.277 e. The van der Waals surface area contributed by atoms with Crippen molar-refractivity contribution >= 4 is 21.5 Å². The van der Waals surface area contributed by atoms with Gasteiger partial charge in [-0.05, 0) is 31.7 Å². The smallest absolute Gasteiger partial charge is 0.245 e. The fourth-order valence-corrected chi connectivity index (χ4v) is 4.74. The number of hydrogen-bond acceptors (Lipinski definition) is 4. The monoisotopic (exact) mass is 337 g/mol. The van der Waals surface area contributed by atoms with Crippen LogP contribution in [-0.2, 0) is 23.2 Å². The van der Waals surface area contributed by atoms with Crippen molar-refractivity contribution in [3.8, 4) is 0 Å². The summed E-state index contributed by atoms with van der Waals surface area (Å²) in [6.45, 7) is 2.24. The Bertz CT molecular complexity index is 741. The van der Waals surface area contributed by atoms with Crippen LogP contribution in [0.2, 0.25) is 0 Å². The van der Waals surface area contributed by atoms with Crippen LogP contribution in [0.4, 0.5) is 0 Å². The summed E-state index contributed by atoms with van der Waals surface area (Å²) in [5, 5.41) is 0.994. The highest BCUT2D eigenvalue weighted by atomic mass is 32.2. The lowest BCUT2D eigenvalue weighted by Crippen LogP contribution is -2.39. The maximum Gasteiger partial charge on any atom is 0.277 e. The van der Waals surface area contributed by atoms with E-state index in [0.29, 0.717) is 0 Å². The average molecular weight is 337 g/mol. The third-order valence-corrected chi connectivity index (χ3v) is 5.83. The fraction of sp³-hybridized carbons (Fsp3) is 0.400. The quantitative estimate of drug-likeness (QED) is 0.880. The molecule has 7 heteroatoms. The van der Waals surface area contributed by atoms with Crippen LogP contribution in [0.25, 0.3) is 0 Å². The lowest BCUT2D eigenvalue weighted by atomic mass is 9.99. The van der Waals surface area contributed by atoms with Crippen molar-refractivity contribution in [2.75, 3.05) is 0 Å². The molecular formula is C15H19N3O2S2. The number of aromatic nitrogens is 1. The molecule has 5 nitrogen and oxygen atoms in total. The molecule has 0 bridgehead atoms. The lowest BCUT2D eigenvalue weighted by molar-refractivity contribution is 0.494. The summed E-state index contributed by atoms with van der Waals surface area (Å²) in [5.41, 5.74) is 1.83. The van der Waals surface area contributed by atoms with Gasteiger partial charge in [0, 0.05) is 11.4 Å². The predicted molar refractivity (Wildman–Crippen MR) is 87.9 cm³/mol. The Morgan fingerprint density at radius 1 is 1.32 bits per heavy atom. The maximum absolute atomic E-state index is 12.2. The topological polar surface area (TPSA) is 71.1 Å². The van der Waals surface area contributed by atoms with E-state index in [-0.39, 0.29) is 12.6 Å². The van der Waals surface area contributed by atoms with Crippen LogP contribution in [0.3, 0.4) is 0 Å². The van der Waals surface area contributed by atoms with E-state index in [4.69, 9.17) is 0 Å². The molecule has 2 aromatic rings. The molecule has 1 unspecified atom stereocenters. The van der Waals surface area contributed by atoms with Crippen LogP contribution in [0.5, 0.6) is 0 Å². The van der Waals surface area contributed by atoms with Crippen molar-refractivity contribution in [3.63, 3.8) is 0 Å². The molecule has 22 heavy (non-hydrogen) atoms. The minimum Gasteiger partial charge on any atom is -0.245 e. The third-order valence-electron chi connectivity index (χ3n) is 3.67. The maximum atomic E-state index is 12.2. The van der Waals surface area contributed by atoms with Crippen LogP contribution < -0.4 is 9.44 Å². The standard InChI is InChI=1S/C15H19N3O2S2/c1-11-17-15-13(8-5-9-14(15)21-11)18-22(19,20)16-10-12-6-3-2-4-7-12/h2-4,6-7,13,16,18H,5,8-10H2,1H3. The van der Waals surface area contributed by atoms with E-state index >= 15 is 0 Å². The molecule has 0 fully saturated rings. The number of nitrogens with zero attached hydrogens (tertiary/aromatic N) is 1. The molecule has 1 aromatic carbocycles. The number of hydrogen-bond donors (Lipinski definition) is 2. The number of thiazole rings is 1. The fourth-order valence-electron chi connectivity index (χ4n) is 2.66. The summed E-state index contributed by atoms with van der Waals surface area (Å²) in [6.07, 6.45) is 2.78. The second-order valence-corrected chi connectivity index (χ2v) is 8.23. The highest BCUT2D eigenvalue weighted by Gasteiger charge is 2.27. The van der Waals surface area contributed by atoms with E-state index in [9.17, 15) is 8.42 Å².